The van der Waals surface area contributed by atoms with E-state index >= 15 is 0 Å². The van der Waals surface area contributed by atoms with Gasteiger partial charge < -0.3 is 14.9 Å². The summed E-state index contributed by atoms with van der Waals surface area (Å²) in [5, 5.41) is 19.1. The zero-order chi connectivity index (χ0) is 11.8. The Morgan fingerprint density at radius 2 is 1.94 bits per heavy atom. The van der Waals surface area contributed by atoms with Crippen LogP contribution in [0.2, 0.25) is 0 Å². The molecule has 1 saturated carbocycles. The van der Waals surface area contributed by atoms with Crippen LogP contribution in [0.4, 0.5) is 0 Å². The minimum Gasteiger partial charge on any atom is -0.497 e. The number of carbonyl (C=O) groups is 1. The molecular weight excluding hydrogens is 208 g/mol. The van der Waals surface area contributed by atoms with Crippen LogP contribution in [0.25, 0.3) is 0 Å². The second kappa shape index (κ2) is 3.79. The Bertz CT molecular complexity index is 392. The SMILES string of the molecule is COc1ccc(C(O)C2(C(=O)O)CC2)cc1. The monoisotopic (exact) mass is 222 g/mol. The third-order valence-electron chi connectivity index (χ3n) is 3.17. The normalized spacial score (nSPS) is 18.9. The van der Waals surface area contributed by atoms with Crippen LogP contribution in [-0.2, 0) is 4.79 Å². The smallest absolute Gasteiger partial charge is 0.312 e. The van der Waals surface area contributed by atoms with Crippen LogP contribution in [0.5, 0.6) is 5.75 Å². The number of ether oxygens (including phenoxy) is 1. The van der Waals surface area contributed by atoms with Gasteiger partial charge in [0.2, 0.25) is 0 Å². The van der Waals surface area contributed by atoms with E-state index in [0.717, 1.165) is 0 Å². The van der Waals surface area contributed by atoms with Crippen molar-refractivity contribution < 1.29 is 19.7 Å². The molecule has 2 rings (SSSR count). The van der Waals surface area contributed by atoms with Crippen molar-refractivity contribution in [1.82, 2.24) is 0 Å². The minimum atomic E-state index is -0.964. The maximum Gasteiger partial charge on any atom is 0.312 e. The van der Waals surface area contributed by atoms with Gasteiger partial charge in [0.25, 0.3) is 0 Å². The Morgan fingerprint density at radius 1 is 1.38 bits per heavy atom. The second-order valence-corrected chi connectivity index (χ2v) is 4.14. The lowest BCUT2D eigenvalue weighted by molar-refractivity contribution is -0.148. The first kappa shape index (κ1) is 11.0. The number of aliphatic hydroxyl groups excluding tert-OH is 1. The van der Waals surface area contributed by atoms with Crippen molar-refractivity contribution in [2.75, 3.05) is 7.11 Å². The molecule has 1 aromatic rings. The maximum absolute atomic E-state index is 11.0. The number of carboxylic acid groups (broad SMARTS) is 1. The molecule has 1 aliphatic rings. The topological polar surface area (TPSA) is 66.8 Å². The van der Waals surface area contributed by atoms with Gasteiger partial charge in [-0.25, -0.2) is 0 Å². The van der Waals surface area contributed by atoms with E-state index in [-0.39, 0.29) is 0 Å². The highest BCUT2D eigenvalue weighted by atomic mass is 16.5. The first-order valence-corrected chi connectivity index (χ1v) is 5.15. The lowest BCUT2D eigenvalue weighted by Crippen LogP contribution is -2.23. The van der Waals surface area contributed by atoms with Gasteiger partial charge in [0, 0.05) is 0 Å². The van der Waals surface area contributed by atoms with Gasteiger partial charge in [-0.2, -0.15) is 0 Å². The molecule has 1 fully saturated rings. The quantitative estimate of drug-likeness (QED) is 0.811. The predicted octanol–water partition coefficient (Wildman–Crippen LogP) is 1.59. The minimum absolute atomic E-state index is 0.537. The molecule has 0 spiro atoms. The van der Waals surface area contributed by atoms with Gasteiger partial charge in [-0.1, -0.05) is 12.1 Å². The summed E-state index contributed by atoms with van der Waals surface area (Å²) >= 11 is 0. The molecule has 1 aromatic carbocycles. The van der Waals surface area contributed by atoms with Gasteiger partial charge in [-0.15, -0.1) is 0 Å². The lowest BCUT2D eigenvalue weighted by atomic mass is 9.93. The van der Waals surface area contributed by atoms with Crippen molar-refractivity contribution in [3.05, 3.63) is 29.8 Å². The Morgan fingerprint density at radius 3 is 2.31 bits per heavy atom. The summed E-state index contributed by atoms with van der Waals surface area (Å²) in [4.78, 5) is 11.0. The van der Waals surface area contributed by atoms with Crippen molar-refractivity contribution in [1.29, 1.82) is 0 Å². The molecule has 0 aliphatic heterocycles. The van der Waals surface area contributed by atoms with Crippen LogP contribution in [0.1, 0.15) is 24.5 Å². The molecule has 86 valence electrons. The van der Waals surface area contributed by atoms with Gasteiger partial charge >= 0.3 is 5.97 Å². The highest BCUT2D eigenvalue weighted by Gasteiger charge is 2.56. The van der Waals surface area contributed by atoms with Crippen LogP contribution < -0.4 is 4.74 Å². The van der Waals surface area contributed by atoms with Crippen molar-refractivity contribution in [2.24, 2.45) is 5.41 Å². The largest absolute Gasteiger partial charge is 0.497 e. The molecule has 4 nitrogen and oxygen atoms in total. The Hall–Kier alpha value is -1.55. The number of aliphatic carboxylic acids is 1. The summed E-state index contributed by atoms with van der Waals surface area (Å²) in [5.74, 6) is -0.230. The lowest BCUT2D eigenvalue weighted by Gasteiger charge is -2.18. The van der Waals surface area contributed by atoms with E-state index in [1.54, 1.807) is 31.4 Å². The predicted molar refractivity (Wildman–Crippen MR) is 57.3 cm³/mol. The van der Waals surface area contributed by atoms with E-state index in [1.165, 1.54) is 0 Å². The molecule has 1 atom stereocenters. The van der Waals surface area contributed by atoms with Crippen molar-refractivity contribution in [2.45, 2.75) is 18.9 Å². The number of hydrogen-bond donors (Lipinski definition) is 2. The van der Waals surface area contributed by atoms with Gasteiger partial charge in [-0.3, -0.25) is 4.79 Å². The van der Waals surface area contributed by atoms with Crippen LogP contribution in [-0.4, -0.2) is 23.3 Å². The average molecular weight is 222 g/mol. The van der Waals surface area contributed by atoms with E-state index < -0.39 is 17.5 Å². The molecular formula is C12H14O4. The van der Waals surface area contributed by atoms with E-state index in [0.29, 0.717) is 24.2 Å². The van der Waals surface area contributed by atoms with Gasteiger partial charge in [0.1, 0.15) is 5.75 Å². The van der Waals surface area contributed by atoms with Crippen molar-refractivity contribution >= 4 is 5.97 Å². The number of aliphatic hydroxyl groups is 1. The zero-order valence-corrected chi connectivity index (χ0v) is 9.01. The Labute approximate surface area is 93.5 Å². The molecule has 2 N–H and O–H groups in total. The van der Waals surface area contributed by atoms with Crippen molar-refractivity contribution in [3.63, 3.8) is 0 Å². The second-order valence-electron chi connectivity index (χ2n) is 4.14. The van der Waals surface area contributed by atoms with Gasteiger partial charge in [-0.05, 0) is 30.5 Å². The Balaban J connectivity index is 2.21. The fourth-order valence-electron chi connectivity index (χ4n) is 1.84. The number of benzene rings is 1. The van der Waals surface area contributed by atoms with Crippen LogP contribution in [0.3, 0.4) is 0 Å². The summed E-state index contributed by atoms with van der Waals surface area (Å²) in [7, 11) is 1.56. The number of methoxy groups -OCH3 is 1. The number of hydrogen-bond acceptors (Lipinski definition) is 3. The van der Waals surface area contributed by atoms with E-state index in [9.17, 15) is 9.90 Å². The van der Waals surface area contributed by atoms with Crippen molar-refractivity contribution in [3.8, 4) is 5.75 Å². The third-order valence-corrected chi connectivity index (χ3v) is 3.17. The highest BCUT2D eigenvalue weighted by Crippen LogP contribution is 2.55. The standard InChI is InChI=1S/C12H14O4/c1-16-9-4-2-8(3-5-9)10(13)12(6-7-12)11(14)15/h2-5,10,13H,6-7H2,1H3,(H,14,15). The number of carboxylic acids is 1. The molecule has 0 heterocycles. The summed E-state index contributed by atoms with van der Waals surface area (Å²) in [5.41, 5.74) is -0.338. The maximum atomic E-state index is 11.0. The first-order valence-electron chi connectivity index (χ1n) is 5.15. The summed E-state index contributed by atoms with van der Waals surface area (Å²) in [6, 6.07) is 6.84. The van der Waals surface area contributed by atoms with Gasteiger partial charge in [0.15, 0.2) is 0 Å². The summed E-state index contributed by atoms with van der Waals surface area (Å²) in [6.45, 7) is 0. The van der Waals surface area contributed by atoms with Crippen LogP contribution in [0.15, 0.2) is 24.3 Å². The van der Waals surface area contributed by atoms with Crippen LogP contribution >= 0.6 is 0 Å². The molecule has 0 aromatic heterocycles. The molecule has 0 radical (unpaired) electrons. The van der Waals surface area contributed by atoms with E-state index in [4.69, 9.17) is 9.84 Å². The molecule has 1 aliphatic carbocycles. The Kier molecular flexibility index (Phi) is 2.59. The fraction of sp³-hybridized carbons (Fsp3) is 0.417. The third kappa shape index (κ3) is 1.65. The molecule has 16 heavy (non-hydrogen) atoms. The molecule has 0 amide bonds. The molecule has 0 saturated heterocycles. The average Bonchev–Trinajstić information content (AvgIpc) is 3.09. The first-order chi connectivity index (χ1) is 7.60. The van der Waals surface area contributed by atoms with Gasteiger partial charge in [0.05, 0.1) is 18.6 Å². The van der Waals surface area contributed by atoms with E-state index in [1.807, 2.05) is 0 Å². The molecule has 1 unspecified atom stereocenters. The highest BCUT2D eigenvalue weighted by molar-refractivity contribution is 5.79. The zero-order valence-electron chi connectivity index (χ0n) is 9.01. The fourth-order valence-corrected chi connectivity index (χ4v) is 1.84. The number of rotatable bonds is 4. The van der Waals surface area contributed by atoms with Crippen LogP contribution in [0, 0.1) is 5.41 Å². The molecule has 4 heteroatoms. The molecule has 0 bridgehead atoms. The summed E-state index contributed by atoms with van der Waals surface area (Å²) in [6.07, 6.45) is 0.140. The van der Waals surface area contributed by atoms with E-state index in [2.05, 4.69) is 0 Å². The summed E-state index contributed by atoms with van der Waals surface area (Å²) < 4.78 is 5.00.